The fourth-order valence-corrected chi connectivity index (χ4v) is 3.93. The van der Waals surface area contributed by atoms with E-state index in [4.69, 9.17) is 11.6 Å². The zero-order valence-electron chi connectivity index (χ0n) is 10.5. The molecule has 0 spiro atoms. The maximum atomic E-state index is 5.94. The van der Waals surface area contributed by atoms with Gasteiger partial charge in [0.05, 0.1) is 0 Å². The topological polar surface area (TPSA) is 0 Å². The van der Waals surface area contributed by atoms with Crippen LogP contribution in [0.25, 0.3) is 0 Å². The molecule has 0 radical (unpaired) electrons. The molecule has 2 heteroatoms. The van der Waals surface area contributed by atoms with Gasteiger partial charge in [-0.1, -0.05) is 56.0 Å². The van der Waals surface area contributed by atoms with Crippen molar-refractivity contribution in [2.75, 3.05) is 5.75 Å². The second-order valence-corrected chi connectivity index (χ2v) is 5.98. The lowest BCUT2D eigenvalue weighted by Crippen LogP contribution is -2.18. The van der Waals surface area contributed by atoms with Gasteiger partial charge in [0.1, 0.15) is 0 Å². The van der Waals surface area contributed by atoms with Crippen molar-refractivity contribution in [2.45, 2.75) is 12.8 Å². The number of hydrogen-bond donors (Lipinski definition) is 0. The molecule has 2 unspecified atom stereocenters. The van der Waals surface area contributed by atoms with Gasteiger partial charge in [0.15, 0.2) is 0 Å². The molecule has 1 aromatic rings. The quantitative estimate of drug-likeness (QED) is 0.709. The first-order valence-corrected chi connectivity index (χ1v) is 7.41. The van der Waals surface area contributed by atoms with Crippen LogP contribution < -0.4 is 0 Å². The molecule has 0 bridgehead atoms. The minimum absolute atomic E-state index is 0.470. The Kier molecular flexibility index (Phi) is 4.36. The molecule has 18 heavy (non-hydrogen) atoms. The van der Waals surface area contributed by atoms with Crippen molar-refractivity contribution < 1.29 is 0 Å². The summed E-state index contributed by atoms with van der Waals surface area (Å²) in [5.41, 5.74) is 2.66. The summed E-state index contributed by atoms with van der Waals surface area (Å²) in [7, 11) is 0. The van der Waals surface area contributed by atoms with Gasteiger partial charge in [0.25, 0.3) is 0 Å². The van der Waals surface area contributed by atoms with Gasteiger partial charge in [-0.25, -0.2) is 0 Å². The largest absolute Gasteiger partial charge is 0.125 e. The van der Waals surface area contributed by atoms with Gasteiger partial charge in [0.2, 0.25) is 0 Å². The molecule has 0 fully saturated rings. The van der Waals surface area contributed by atoms with Crippen LogP contribution in [0, 0.1) is 5.92 Å². The highest BCUT2D eigenvalue weighted by atomic mass is 35.5. The minimum atomic E-state index is 0.470. The average Bonchev–Trinajstić information content (AvgIpc) is 2.39. The van der Waals surface area contributed by atoms with Crippen LogP contribution in [-0.2, 0) is 0 Å². The van der Waals surface area contributed by atoms with Gasteiger partial charge >= 0.3 is 0 Å². The second-order valence-electron chi connectivity index (χ2n) is 4.49. The Labute approximate surface area is 118 Å². The Morgan fingerprint density at radius 1 is 1.22 bits per heavy atom. The molecule has 2 rings (SSSR count). The molecule has 0 aliphatic carbocycles. The van der Waals surface area contributed by atoms with E-state index in [1.165, 1.54) is 16.0 Å². The van der Waals surface area contributed by atoms with Crippen LogP contribution in [0.15, 0.2) is 60.1 Å². The van der Waals surface area contributed by atoms with Crippen molar-refractivity contribution in [3.63, 3.8) is 0 Å². The normalized spacial score (nSPS) is 23.9. The third-order valence-corrected chi connectivity index (χ3v) is 4.99. The van der Waals surface area contributed by atoms with E-state index >= 15 is 0 Å². The molecule has 1 heterocycles. The summed E-state index contributed by atoms with van der Waals surface area (Å²) >= 11 is 7.81. The summed E-state index contributed by atoms with van der Waals surface area (Å²) in [4.78, 5) is 1.27. The van der Waals surface area contributed by atoms with Crippen molar-refractivity contribution in [2.24, 2.45) is 5.92 Å². The summed E-state index contributed by atoms with van der Waals surface area (Å²) in [6, 6.07) is 8.19. The van der Waals surface area contributed by atoms with Crippen molar-refractivity contribution in [3.05, 3.63) is 70.6 Å². The van der Waals surface area contributed by atoms with Crippen LogP contribution in [0.1, 0.15) is 18.4 Å². The number of halogens is 1. The minimum Gasteiger partial charge on any atom is -0.125 e. The summed E-state index contributed by atoms with van der Waals surface area (Å²) in [6.45, 7) is 10.1. The number of thioether (sulfide) groups is 1. The third kappa shape index (κ3) is 2.57. The first-order valence-electron chi connectivity index (χ1n) is 6.04. The highest BCUT2D eigenvalue weighted by Crippen LogP contribution is 2.43. The Balaban J connectivity index is 2.33. The molecule has 1 aliphatic rings. The Morgan fingerprint density at radius 2 is 1.89 bits per heavy atom. The molecular weight excluding hydrogens is 260 g/mol. The Bertz CT molecular complexity index is 484. The fourth-order valence-electron chi connectivity index (χ4n) is 2.41. The van der Waals surface area contributed by atoms with Crippen molar-refractivity contribution in [1.82, 2.24) is 0 Å². The Hall–Kier alpha value is -0.920. The van der Waals surface area contributed by atoms with E-state index in [1.807, 2.05) is 36.0 Å². The molecule has 1 aromatic carbocycles. The van der Waals surface area contributed by atoms with Gasteiger partial charge in [-0.15, -0.1) is 11.8 Å². The van der Waals surface area contributed by atoms with Crippen LogP contribution in [0.3, 0.4) is 0 Å². The van der Waals surface area contributed by atoms with Gasteiger partial charge < -0.3 is 0 Å². The lowest BCUT2D eigenvalue weighted by Gasteiger charge is -2.31. The third-order valence-electron chi connectivity index (χ3n) is 3.50. The average molecular weight is 277 g/mol. The molecule has 0 N–H and O–H groups in total. The number of rotatable bonds is 3. The number of benzene rings is 1. The fraction of sp³-hybridized carbons (Fsp3) is 0.250. The maximum absolute atomic E-state index is 5.94. The first-order chi connectivity index (χ1) is 8.67. The highest BCUT2D eigenvalue weighted by Gasteiger charge is 2.27. The number of allylic oxidation sites excluding steroid dienone is 3. The zero-order chi connectivity index (χ0) is 13.1. The van der Waals surface area contributed by atoms with Crippen molar-refractivity contribution >= 4 is 23.4 Å². The molecule has 1 aliphatic heterocycles. The lowest BCUT2D eigenvalue weighted by atomic mass is 9.83. The standard InChI is InChI=1S/C16H17ClS/c1-4-14-11(3)15(10-18-16(14)5-2)12-6-8-13(17)9-7-12/h4-9,11,15H,1-2,10H2,3H3. The van der Waals surface area contributed by atoms with E-state index in [0.717, 1.165) is 10.8 Å². The van der Waals surface area contributed by atoms with E-state index < -0.39 is 0 Å². The summed E-state index contributed by atoms with van der Waals surface area (Å²) in [5, 5.41) is 0.793. The van der Waals surface area contributed by atoms with Crippen LogP contribution in [0.5, 0.6) is 0 Å². The van der Waals surface area contributed by atoms with E-state index in [1.54, 1.807) is 0 Å². The van der Waals surface area contributed by atoms with Crippen molar-refractivity contribution in [1.29, 1.82) is 0 Å². The Morgan fingerprint density at radius 3 is 2.44 bits per heavy atom. The molecule has 0 nitrogen and oxygen atoms in total. The summed E-state index contributed by atoms with van der Waals surface area (Å²) in [5.74, 6) is 2.07. The van der Waals surface area contributed by atoms with Crippen LogP contribution in [0.4, 0.5) is 0 Å². The molecule has 0 amide bonds. The second kappa shape index (κ2) is 5.81. The summed E-state index contributed by atoms with van der Waals surface area (Å²) in [6.07, 6.45) is 3.91. The predicted molar refractivity (Wildman–Crippen MR) is 83.2 cm³/mol. The molecule has 0 saturated heterocycles. The van der Waals surface area contributed by atoms with Gasteiger partial charge in [0, 0.05) is 15.7 Å². The molecule has 94 valence electrons. The predicted octanol–water partition coefficient (Wildman–Crippen LogP) is 5.43. The molecule has 2 atom stereocenters. The molecular formula is C16H17ClS. The van der Waals surface area contributed by atoms with E-state index in [-0.39, 0.29) is 0 Å². The maximum Gasteiger partial charge on any atom is 0.0406 e. The SMILES string of the molecule is C=CC1=C(C=C)C(C)C(c2ccc(Cl)cc2)CS1. The van der Waals surface area contributed by atoms with Crippen molar-refractivity contribution in [3.8, 4) is 0 Å². The zero-order valence-corrected chi connectivity index (χ0v) is 12.1. The van der Waals surface area contributed by atoms with Gasteiger partial charge in [-0.3, -0.25) is 0 Å². The molecule has 0 saturated carbocycles. The van der Waals surface area contributed by atoms with Crippen LogP contribution >= 0.6 is 23.4 Å². The van der Waals surface area contributed by atoms with Crippen LogP contribution in [-0.4, -0.2) is 5.75 Å². The lowest BCUT2D eigenvalue weighted by molar-refractivity contribution is 0.572. The van der Waals surface area contributed by atoms with E-state index in [9.17, 15) is 0 Å². The van der Waals surface area contributed by atoms with Gasteiger partial charge in [-0.05, 0) is 35.1 Å². The van der Waals surface area contributed by atoms with Crippen LogP contribution in [0.2, 0.25) is 5.02 Å². The van der Waals surface area contributed by atoms with E-state index in [0.29, 0.717) is 11.8 Å². The number of hydrogen-bond acceptors (Lipinski definition) is 1. The summed E-state index contributed by atoms with van der Waals surface area (Å²) < 4.78 is 0. The van der Waals surface area contributed by atoms with E-state index in [2.05, 4.69) is 32.2 Å². The highest BCUT2D eigenvalue weighted by molar-refractivity contribution is 8.03. The molecule has 0 aromatic heterocycles. The van der Waals surface area contributed by atoms with Gasteiger partial charge in [-0.2, -0.15) is 0 Å². The smallest absolute Gasteiger partial charge is 0.0406 e. The monoisotopic (exact) mass is 276 g/mol. The first kappa shape index (κ1) is 13.5.